The third kappa shape index (κ3) is 2.85. The highest BCUT2D eigenvalue weighted by Crippen LogP contribution is 2.31. The number of hydrogen-bond acceptors (Lipinski definition) is 1. The Morgan fingerprint density at radius 3 is 2.25 bits per heavy atom. The van der Waals surface area contributed by atoms with E-state index in [9.17, 15) is 5.11 Å². The molecule has 0 spiro atoms. The lowest BCUT2D eigenvalue weighted by Gasteiger charge is -2.32. The van der Waals surface area contributed by atoms with Crippen molar-refractivity contribution in [3.63, 3.8) is 0 Å². The summed E-state index contributed by atoms with van der Waals surface area (Å²) in [5.41, 5.74) is 3.98. The van der Waals surface area contributed by atoms with E-state index in [4.69, 9.17) is 0 Å². The van der Waals surface area contributed by atoms with E-state index in [-0.39, 0.29) is 12.0 Å². The van der Waals surface area contributed by atoms with Crippen molar-refractivity contribution in [1.29, 1.82) is 0 Å². The van der Waals surface area contributed by atoms with Gasteiger partial charge in [-0.15, -0.1) is 0 Å². The molecule has 0 amide bonds. The highest BCUT2D eigenvalue weighted by atomic mass is 16.3. The summed E-state index contributed by atoms with van der Waals surface area (Å²) in [5, 5.41) is 9.54. The van der Waals surface area contributed by atoms with E-state index in [0.717, 1.165) is 6.42 Å². The van der Waals surface area contributed by atoms with Crippen LogP contribution in [-0.2, 0) is 6.42 Å². The second-order valence-corrected chi connectivity index (χ2v) is 5.56. The average molecular weight is 220 g/mol. The summed E-state index contributed by atoms with van der Waals surface area (Å²) >= 11 is 0. The lowest BCUT2D eigenvalue weighted by molar-refractivity contribution is 0.0947. The van der Waals surface area contributed by atoms with Gasteiger partial charge in [-0.25, -0.2) is 0 Å². The Morgan fingerprint density at radius 1 is 1.19 bits per heavy atom. The Kier molecular flexibility index (Phi) is 4.15. The molecule has 0 aromatic heterocycles. The van der Waals surface area contributed by atoms with Crippen LogP contribution in [0.5, 0.6) is 0 Å². The molecule has 0 aliphatic carbocycles. The molecule has 1 heteroatoms. The van der Waals surface area contributed by atoms with E-state index in [2.05, 4.69) is 52.8 Å². The summed E-state index contributed by atoms with van der Waals surface area (Å²) in [7, 11) is 0. The summed E-state index contributed by atoms with van der Waals surface area (Å²) in [6.45, 7) is 11.0. The molecule has 1 unspecified atom stereocenters. The van der Waals surface area contributed by atoms with Gasteiger partial charge in [0.1, 0.15) is 0 Å². The van der Waals surface area contributed by atoms with Crippen molar-refractivity contribution in [2.45, 2.75) is 41.0 Å². The molecule has 0 heterocycles. The van der Waals surface area contributed by atoms with Gasteiger partial charge in [0.05, 0.1) is 0 Å². The summed E-state index contributed by atoms with van der Waals surface area (Å²) < 4.78 is 0. The van der Waals surface area contributed by atoms with Gasteiger partial charge in [-0.1, -0.05) is 39.0 Å². The predicted octanol–water partition coefficient (Wildman–Crippen LogP) is 3.50. The Bertz CT molecular complexity index is 354. The van der Waals surface area contributed by atoms with Crippen LogP contribution in [0.4, 0.5) is 0 Å². The zero-order valence-electron chi connectivity index (χ0n) is 11.2. The zero-order valence-corrected chi connectivity index (χ0v) is 11.2. The quantitative estimate of drug-likeness (QED) is 0.823. The largest absolute Gasteiger partial charge is 0.396 e. The molecular weight excluding hydrogens is 196 g/mol. The second kappa shape index (κ2) is 5.01. The number of benzene rings is 1. The minimum absolute atomic E-state index is 0.0122. The van der Waals surface area contributed by atoms with Crippen LogP contribution in [0.1, 0.15) is 37.5 Å². The van der Waals surface area contributed by atoms with E-state index >= 15 is 0 Å². The summed E-state index contributed by atoms with van der Waals surface area (Å²) in [6, 6.07) is 6.59. The van der Waals surface area contributed by atoms with Crippen LogP contribution in [0.25, 0.3) is 0 Å². The minimum atomic E-state index is -0.0122. The SMILES string of the molecule is Cc1ccc(CC(C)(CO)C(C)C)cc1C. The molecule has 0 saturated heterocycles. The predicted molar refractivity (Wildman–Crippen MR) is 69.7 cm³/mol. The first-order valence-corrected chi connectivity index (χ1v) is 6.06. The van der Waals surface area contributed by atoms with E-state index in [1.54, 1.807) is 0 Å². The highest BCUT2D eigenvalue weighted by Gasteiger charge is 2.27. The van der Waals surface area contributed by atoms with Crippen molar-refractivity contribution in [3.8, 4) is 0 Å². The Balaban J connectivity index is 2.90. The molecule has 0 bridgehead atoms. The monoisotopic (exact) mass is 220 g/mol. The van der Waals surface area contributed by atoms with Gasteiger partial charge in [0.15, 0.2) is 0 Å². The van der Waals surface area contributed by atoms with E-state index in [1.165, 1.54) is 16.7 Å². The van der Waals surface area contributed by atoms with Gasteiger partial charge in [0.2, 0.25) is 0 Å². The van der Waals surface area contributed by atoms with Crippen molar-refractivity contribution < 1.29 is 5.11 Å². The number of aliphatic hydroxyl groups excluding tert-OH is 1. The Labute approximate surface area is 99.5 Å². The lowest BCUT2D eigenvalue weighted by atomic mass is 9.75. The number of aliphatic hydroxyl groups is 1. The van der Waals surface area contributed by atoms with Gasteiger partial charge in [0, 0.05) is 6.61 Å². The van der Waals surface area contributed by atoms with Crippen molar-refractivity contribution in [3.05, 3.63) is 34.9 Å². The summed E-state index contributed by atoms with van der Waals surface area (Å²) in [4.78, 5) is 0. The molecule has 0 saturated carbocycles. The highest BCUT2D eigenvalue weighted by molar-refractivity contribution is 5.30. The van der Waals surface area contributed by atoms with Crippen molar-refractivity contribution in [2.24, 2.45) is 11.3 Å². The molecule has 0 fully saturated rings. The molecule has 0 radical (unpaired) electrons. The molecule has 1 rings (SSSR count). The van der Waals surface area contributed by atoms with E-state index in [0.29, 0.717) is 5.92 Å². The van der Waals surface area contributed by atoms with Gasteiger partial charge < -0.3 is 5.11 Å². The molecule has 1 atom stereocenters. The summed E-state index contributed by atoms with van der Waals surface area (Å²) in [5.74, 6) is 0.485. The maximum atomic E-state index is 9.54. The molecule has 1 nitrogen and oxygen atoms in total. The lowest BCUT2D eigenvalue weighted by Crippen LogP contribution is -2.30. The van der Waals surface area contributed by atoms with Crippen molar-refractivity contribution in [1.82, 2.24) is 0 Å². The van der Waals surface area contributed by atoms with Crippen LogP contribution < -0.4 is 0 Å². The molecular formula is C15H24O. The number of aryl methyl sites for hydroxylation is 2. The van der Waals surface area contributed by atoms with Crippen LogP contribution in [-0.4, -0.2) is 11.7 Å². The first-order valence-electron chi connectivity index (χ1n) is 6.06. The van der Waals surface area contributed by atoms with Gasteiger partial charge in [-0.05, 0) is 48.3 Å². The second-order valence-electron chi connectivity index (χ2n) is 5.56. The average Bonchev–Trinajstić information content (AvgIpc) is 2.23. The van der Waals surface area contributed by atoms with Crippen molar-refractivity contribution in [2.75, 3.05) is 6.61 Å². The molecule has 16 heavy (non-hydrogen) atoms. The molecule has 1 N–H and O–H groups in total. The standard InChI is InChI=1S/C15H24O/c1-11(2)15(5,10-16)9-14-7-6-12(3)13(4)8-14/h6-8,11,16H,9-10H2,1-5H3. The zero-order chi connectivity index (χ0) is 12.3. The van der Waals surface area contributed by atoms with Gasteiger partial charge in [-0.3, -0.25) is 0 Å². The normalized spacial score (nSPS) is 15.2. The first-order chi connectivity index (χ1) is 7.39. The molecule has 1 aromatic rings. The third-order valence-corrected chi connectivity index (χ3v) is 3.93. The molecule has 1 aromatic carbocycles. The minimum Gasteiger partial charge on any atom is -0.396 e. The van der Waals surface area contributed by atoms with Crippen LogP contribution in [0.3, 0.4) is 0 Å². The Morgan fingerprint density at radius 2 is 1.81 bits per heavy atom. The molecule has 0 aliphatic heterocycles. The number of hydrogen-bond donors (Lipinski definition) is 1. The number of rotatable bonds is 4. The van der Waals surface area contributed by atoms with Gasteiger partial charge >= 0.3 is 0 Å². The fraction of sp³-hybridized carbons (Fsp3) is 0.600. The van der Waals surface area contributed by atoms with Crippen LogP contribution in [0.2, 0.25) is 0 Å². The maximum absolute atomic E-state index is 9.54. The van der Waals surface area contributed by atoms with E-state index in [1.807, 2.05) is 0 Å². The van der Waals surface area contributed by atoms with E-state index < -0.39 is 0 Å². The smallest absolute Gasteiger partial charge is 0.0490 e. The molecule has 90 valence electrons. The summed E-state index contributed by atoms with van der Waals surface area (Å²) in [6.07, 6.45) is 0.947. The topological polar surface area (TPSA) is 20.2 Å². The van der Waals surface area contributed by atoms with Gasteiger partial charge in [0.25, 0.3) is 0 Å². The fourth-order valence-corrected chi connectivity index (χ4v) is 1.82. The Hall–Kier alpha value is -0.820. The fourth-order valence-electron chi connectivity index (χ4n) is 1.82. The third-order valence-electron chi connectivity index (χ3n) is 3.93. The molecule has 0 aliphatic rings. The van der Waals surface area contributed by atoms with Gasteiger partial charge in [-0.2, -0.15) is 0 Å². The maximum Gasteiger partial charge on any atom is 0.0490 e. The van der Waals surface area contributed by atoms with Crippen LogP contribution in [0, 0.1) is 25.2 Å². The first kappa shape index (κ1) is 13.2. The van der Waals surface area contributed by atoms with Crippen molar-refractivity contribution >= 4 is 0 Å². The van der Waals surface area contributed by atoms with Crippen LogP contribution in [0.15, 0.2) is 18.2 Å². The van der Waals surface area contributed by atoms with Crippen LogP contribution >= 0.6 is 0 Å².